The fourth-order valence-electron chi connectivity index (χ4n) is 2.22. The van der Waals surface area contributed by atoms with Crippen LogP contribution in [0.5, 0.6) is 0 Å². The Labute approximate surface area is 196 Å². The third-order valence-electron chi connectivity index (χ3n) is 3.89. The Balaban J connectivity index is 0. The minimum absolute atomic E-state index is 0.776. The zero-order valence-corrected chi connectivity index (χ0v) is 21.9. The van der Waals surface area contributed by atoms with Crippen molar-refractivity contribution < 1.29 is 4.79 Å². The van der Waals surface area contributed by atoms with Crippen molar-refractivity contribution in [2.45, 2.75) is 66.7 Å². The van der Waals surface area contributed by atoms with Crippen LogP contribution in [0.15, 0.2) is 60.2 Å². The summed E-state index contributed by atoms with van der Waals surface area (Å²) in [6.07, 6.45) is 8.81. The topological polar surface area (TPSA) is 29.1 Å². The Kier molecular flexibility index (Phi) is 22.8. The highest BCUT2D eigenvalue weighted by Crippen LogP contribution is 2.40. The lowest BCUT2D eigenvalue weighted by Crippen LogP contribution is -1.84. The number of para-hydroxylation sites is 1. The summed E-state index contributed by atoms with van der Waals surface area (Å²) in [4.78, 5) is 10.5. The quantitative estimate of drug-likeness (QED) is 0.370. The van der Waals surface area contributed by atoms with Crippen molar-refractivity contribution in [2.75, 3.05) is 24.4 Å². The third-order valence-corrected chi connectivity index (χ3v) is 4.47. The Morgan fingerprint density at radius 3 is 1.97 bits per heavy atom. The van der Waals surface area contributed by atoms with Crippen LogP contribution in [0.2, 0.25) is 0 Å². The smallest absolute Gasteiger partial charge is 0.145 e. The van der Waals surface area contributed by atoms with Crippen LogP contribution >= 0.6 is 11.8 Å². The van der Waals surface area contributed by atoms with Gasteiger partial charge in [0.1, 0.15) is 6.29 Å². The SMILES string of the molecule is C/C(C=O)=C\c1cccc(C2CC2)c1.CC.CCC.CCSC.CNc1ccccc1. The summed E-state index contributed by atoms with van der Waals surface area (Å²) in [5.41, 5.74) is 4.49. The molecule has 3 heteroatoms. The highest BCUT2D eigenvalue weighted by molar-refractivity contribution is 7.98. The van der Waals surface area contributed by atoms with Crippen LogP contribution in [0, 0.1) is 0 Å². The van der Waals surface area contributed by atoms with Gasteiger partial charge in [-0.05, 0) is 72.6 Å². The molecule has 1 fully saturated rings. The lowest BCUT2D eigenvalue weighted by atomic mass is 10.1. The number of carbonyl (C=O) groups is 1. The Bertz CT molecular complexity index is 676. The molecule has 0 heterocycles. The lowest BCUT2D eigenvalue weighted by molar-refractivity contribution is -0.104. The van der Waals surface area contributed by atoms with E-state index in [0.29, 0.717) is 0 Å². The number of anilines is 1. The molecule has 0 amide bonds. The summed E-state index contributed by atoms with van der Waals surface area (Å²) in [5, 5.41) is 3.03. The summed E-state index contributed by atoms with van der Waals surface area (Å²) in [5.74, 6) is 2.01. The number of allylic oxidation sites excluding steroid dienone is 1. The monoisotopic (exact) mass is 443 g/mol. The first kappa shape index (κ1) is 31.2. The van der Waals surface area contributed by atoms with Crippen LogP contribution in [0.3, 0.4) is 0 Å². The van der Waals surface area contributed by atoms with Gasteiger partial charge in [0.15, 0.2) is 0 Å². The number of nitrogens with one attached hydrogen (secondary N) is 1. The predicted octanol–water partition coefficient (Wildman–Crippen LogP) is 8.71. The van der Waals surface area contributed by atoms with E-state index in [1.54, 1.807) is 0 Å². The van der Waals surface area contributed by atoms with Gasteiger partial charge in [-0.25, -0.2) is 0 Å². The summed E-state index contributed by atoms with van der Waals surface area (Å²) in [6.45, 7) is 12.2. The average molecular weight is 444 g/mol. The van der Waals surface area contributed by atoms with E-state index in [4.69, 9.17) is 0 Å². The van der Waals surface area contributed by atoms with Gasteiger partial charge in [0, 0.05) is 12.7 Å². The molecule has 0 bridgehead atoms. The molecule has 2 nitrogen and oxygen atoms in total. The second-order valence-electron chi connectivity index (χ2n) is 6.85. The minimum atomic E-state index is 0.776. The maximum atomic E-state index is 10.5. The summed E-state index contributed by atoms with van der Waals surface area (Å²) < 4.78 is 0. The fourth-order valence-corrected chi connectivity index (χ4v) is 2.22. The van der Waals surface area contributed by atoms with E-state index in [2.05, 4.69) is 50.5 Å². The standard InChI is InChI=1S/C13H14O.C7H9N.C3H8S.C3H8.C2H6/c1-10(9-14)7-11-3-2-4-13(8-11)12-5-6-12;1-8-7-5-3-2-4-6-7;1-3-4-2;1-3-2;1-2/h2-4,7-9,12H,5-6H2,1H3;2-6,8H,1H3;3H2,1-2H3;3H2,1-2H3;1-2H3/b10-7+;;;;. The highest BCUT2D eigenvalue weighted by Gasteiger charge is 2.23. The Morgan fingerprint density at radius 2 is 1.58 bits per heavy atom. The van der Waals surface area contributed by atoms with Crippen molar-refractivity contribution in [3.05, 3.63) is 71.3 Å². The molecule has 0 unspecified atom stereocenters. The molecule has 3 rings (SSSR count). The molecular weight excluding hydrogens is 398 g/mol. The zero-order valence-electron chi connectivity index (χ0n) is 21.1. The first-order valence-corrected chi connectivity index (χ1v) is 12.9. The van der Waals surface area contributed by atoms with Gasteiger partial charge in [-0.2, -0.15) is 11.8 Å². The van der Waals surface area contributed by atoms with Gasteiger partial charge in [0.2, 0.25) is 0 Å². The van der Waals surface area contributed by atoms with E-state index in [0.717, 1.165) is 29.0 Å². The Morgan fingerprint density at radius 1 is 1.03 bits per heavy atom. The van der Waals surface area contributed by atoms with Crippen LogP contribution < -0.4 is 5.32 Å². The first-order chi connectivity index (χ1) is 15.1. The number of rotatable bonds is 5. The largest absolute Gasteiger partial charge is 0.388 e. The maximum Gasteiger partial charge on any atom is 0.145 e. The van der Waals surface area contributed by atoms with Crippen LogP contribution in [0.4, 0.5) is 5.69 Å². The normalized spacial score (nSPS) is 11.5. The minimum Gasteiger partial charge on any atom is -0.388 e. The molecule has 0 saturated heterocycles. The molecule has 0 radical (unpaired) electrons. The second-order valence-corrected chi connectivity index (χ2v) is 8.01. The van der Waals surface area contributed by atoms with Crippen molar-refractivity contribution in [1.82, 2.24) is 0 Å². The fraction of sp³-hybridized carbons (Fsp3) is 0.464. The van der Waals surface area contributed by atoms with E-state index in [-0.39, 0.29) is 0 Å². The van der Waals surface area contributed by atoms with Gasteiger partial charge in [-0.15, -0.1) is 0 Å². The van der Waals surface area contributed by atoms with Crippen molar-refractivity contribution in [3.63, 3.8) is 0 Å². The van der Waals surface area contributed by atoms with Crippen LogP contribution in [-0.4, -0.2) is 25.3 Å². The number of hydrogen-bond donors (Lipinski definition) is 1. The van der Waals surface area contributed by atoms with Crippen molar-refractivity contribution in [2.24, 2.45) is 0 Å². The molecule has 0 atom stereocenters. The molecule has 1 aliphatic rings. The number of thioether (sulfide) groups is 1. The van der Waals surface area contributed by atoms with E-state index < -0.39 is 0 Å². The molecule has 31 heavy (non-hydrogen) atoms. The van der Waals surface area contributed by atoms with E-state index in [1.807, 2.05) is 82.1 Å². The molecule has 0 spiro atoms. The lowest BCUT2D eigenvalue weighted by Gasteiger charge is -1.99. The summed E-state index contributed by atoms with van der Waals surface area (Å²) >= 11 is 1.86. The van der Waals surface area contributed by atoms with Crippen LogP contribution in [-0.2, 0) is 4.79 Å². The Hall–Kier alpha value is -2.00. The molecule has 1 N–H and O–H groups in total. The average Bonchev–Trinajstić information content (AvgIpc) is 3.68. The van der Waals surface area contributed by atoms with Gasteiger partial charge in [-0.3, -0.25) is 4.79 Å². The summed E-state index contributed by atoms with van der Waals surface area (Å²) in [6, 6.07) is 18.5. The maximum absolute atomic E-state index is 10.5. The van der Waals surface area contributed by atoms with Gasteiger partial charge < -0.3 is 5.32 Å². The van der Waals surface area contributed by atoms with E-state index >= 15 is 0 Å². The molecule has 2 aromatic rings. The van der Waals surface area contributed by atoms with Crippen LogP contribution in [0.25, 0.3) is 6.08 Å². The molecule has 1 aliphatic carbocycles. The second kappa shape index (κ2) is 22.7. The third kappa shape index (κ3) is 18.5. The zero-order chi connectivity index (χ0) is 23.9. The first-order valence-electron chi connectivity index (χ1n) is 11.5. The molecule has 2 aromatic carbocycles. The number of carbonyl (C=O) groups excluding carboxylic acids is 1. The van der Waals surface area contributed by atoms with Crippen LogP contribution in [0.1, 0.15) is 77.8 Å². The molecule has 0 aromatic heterocycles. The number of hydrogen-bond acceptors (Lipinski definition) is 3. The van der Waals surface area contributed by atoms with Gasteiger partial charge in [0.05, 0.1) is 0 Å². The molecule has 0 aliphatic heterocycles. The molecule has 174 valence electrons. The van der Waals surface area contributed by atoms with Gasteiger partial charge in [-0.1, -0.05) is 83.5 Å². The summed E-state index contributed by atoms with van der Waals surface area (Å²) in [7, 11) is 1.91. The number of benzene rings is 2. The van der Waals surface area contributed by atoms with E-state index in [1.165, 1.54) is 30.6 Å². The molecular formula is C28H45NOS. The highest BCUT2D eigenvalue weighted by atomic mass is 32.2. The van der Waals surface area contributed by atoms with E-state index in [9.17, 15) is 4.79 Å². The van der Waals surface area contributed by atoms with Gasteiger partial charge >= 0.3 is 0 Å². The van der Waals surface area contributed by atoms with Gasteiger partial charge in [0.25, 0.3) is 0 Å². The van der Waals surface area contributed by atoms with Crippen molar-refractivity contribution >= 4 is 29.8 Å². The predicted molar refractivity (Wildman–Crippen MR) is 145 cm³/mol. The number of aldehydes is 1. The van der Waals surface area contributed by atoms with Crippen molar-refractivity contribution in [3.8, 4) is 0 Å². The molecule has 1 saturated carbocycles. The van der Waals surface area contributed by atoms with Crippen molar-refractivity contribution in [1.29, 1.82) is 0 Å².